The van der Waals surface area contributed by atoms with Crippen molar-refractivity contribution >= 4 is 5.78 Å². The molecule has 0 unspecified atom stereocenters. The summed E-state index contributed by atoms with van der Waals surface area (Å²) in [6, 6.07) is 0. The Hall–Kier alpha value is -1.16. The molecule has 4 heteroatoms. The molecule has 0 spiro atoms. The number of aromatic nitrogens is 2. The van der Waals surface area contributed by atoms with Crippen LogP contribution in [0.15, 0.2) is 0 Å². The smallest absolute Gasteiger partial charge is 0.136 e. The van der Waals surface area contributed by atoms with Crippen LogP contribution in [0.5, 0.6) is 0 Å². The number of aliphatic hydroxyl groups excluding tert-OH is 1. The number of nitrogens with zero attached hydrogens (tertiary/aromatic N) is 2. The fraction of sp³-hybridized carbons (Fsp3) is 0.636. The molecule has 1 rings (SSSR count). The highest BCUT2D eigenvalue weighted by molar-refractivity contribution is 5.78. The number of ketones is 1. The predicted octanol–water partition coefficient (Wildman–Crippen LogP) is 1.15. The molecule has 0 aliphatic carbocycles. The first-order valence-corrected chi connectivity index (χ1v) is 5.19. The maximum Gasteiger partial charge on any atom is 0.136 e. The van der Waals surface area contributed by atoms with Gasteiger partial charge in [0, 0.05) is 31.7 Å². The summed E-state index contributed by atoms with van der Waals surface area (Å²) in [5.41, 5.74) is 2.13. The number of hydrogen-bond donors (Lipinski definition) is 1. The lowest BCUT2D eigenvalue weighted by Gasteiger charge is -2.06. The van der Waals surface area contributed by atoms with Gasteiger partial charge >= 0.3 is 0 Å². The lowest BCUT2D eigenvalue weighted by atomic mass is 10.2. The highest BCUT2D eigenvalue weighted by Crippen LogP contribution is 2.10. The molecule has 15 heavy (non-hydrogen) atoms. The largest absolute Gasteiger partial charge is 0.396 e. The minimum Gasteiger partial charge on any atom is -0.396 e. The van der Waals surface area contributed by atoms with Crippen LogP contribution in [0.4, 0.5) is 0 Å². The summed E-state index contributed by atoms with van der Waals surface area (Å²) in [6.07, 6.45) is 0.726. The summed E-state index contributed by atoms with van der Waals surface area (Å²) in [6.45, 7) is 6.52. The fourth-order valence-electron chi connectivity index (χ4n) is 1.64. The van der Waals surface area contributed by atoms with Gasteiger partial charge in [0.25, 0.3) is 0 Å². The number of rotatable bonds is 5. The number of aryl methyl sites for hydroxylation is 2. The zero-order valence-corrected chi connectivity index (χ0v) is 9.58. The van der Waals surface area contributed by atoms with Gasteiger partial charge in [-0.1, -0.05) is 0 Å². The van der Waals surface area contributed by atoms with E-state index in [1.807, 2.05) is 25.3 Å². The Morgan fingerprint density at radius 1 is 1.33 bits per heavy atom. The van der Waals surface area contributed by atoms with E-state index in [-0.39, 0.29) is 18.8 Å². The summed E-state index contributed by atoms with van der Waals surface area (Å²) in [5.74, 6) is 1.05. The Morgan fingerprint density at radius 3 is 2.47 bits per heavy atom. The summed E-state index contributed by atoms with van der Waals surface area (Å²) in [5, 5.41) is 8.61. The van der Waals surface area contributed by atoms with E-state index in [0.717, 1.165) is 17.2 Å². The highest BCUT2D eigenvalue weighted by Gasteiger charge is 2.08. The van der Waals surface area contributed by atoms with E-state index in [9.17, 15) is 4.79 Å². The van der Waals surface area contributed by atoms with Gasteiger partial charge in [0.2, 0.25) is 0 Å². The van der Waals surface area contributed by atoms with Gasteiger partial charge < -0.3 is 9.67 Å². The van der Waals surface area contributed by atoms with Crippen LogP contribution in [0.2, 0.25) is 0 Å². The van der Waals surface area contributed by atoms with Gasteiger partial charge in [-0.15, -0.1) is 0 Å². The van der Waals surface area contributed by atoms with E-state index >= 15 is 0 Å². The quantitative estimate of drug-likeness (QED) is 0.793. The first-order valence-electron chi connectivity index (χ1n) is 5.19. The van der Waals surface area contributed by atoms with E-state index in [1.165, 1.54) is 0 Å². The lowest BCUT2D eigenvalue weighted by molar-refractivity contribution is -0.119. The van der Waals surface area contributed by atoms with Crippen molar-refractivity contribution in [1.29, 1.82) is 0 Å². The molecule has 1 aromatic rings. The zero-order valence-electron chi connectivity index (χ0n) is 9.58. The molecular weight excluding hydrogens is 192 g/mol. The van der Waals surface area contributed by atoms with E-state index in [0.29, 0.717) is 13.0 Å². The molecule has 84 valence electrons. The first kappa shape index (κ1) is 11.9. The molecule has 1 heterocycles. The number of imidazole rings is 1. The van der Waals surface area contributed by atoms with Gasteiger partial charge in [-0.05, 0) is 20.8 Å². The van der Waals surface area contributed by atoms with E-state index < -0.39 is 0 Å². The van der Waals surface area contributed by atoms with Crippen molar-refractivity contribution in [1.82, 2.24) is 9.55 Å². The van der Waals surface area contributed by atoms with Crippen LogP contribution < -0.4 is 0 Å². The Balaban J connectivity index is 2.61. The molecule has 0 radical (unpaired) electrons. The minimum absolute atomic E-state index is 0.0558. The third-order valence-corrected chi connectivity index (χ3v) is 2.65. The summed E-state index contributed by atoms with van der Waals surface area (Å²) in [7, 11) is 0. The molecule has 4 nitrogen and oxygen atoms in total. The minimum atomic E-state index is -0.0558. The highest BCUT2D eigenvalue weighted by atomic mass is 16.3. The normalized spacial score (nSPS) is 10.7. The first-order chi connectivity index (χ1) is 7.06. The third-order valence-electron chi connectivity index (χ3n) is 2.65. The molecule has 0 amide bonds. The molecule has 0 aliphatic rings. The molecule has 1 N–H and O–H groups in total. The van der Waals surface area contributed by atoms with Crippen LogP contribution >= 0.6 is 0 Å². The summed E-state index contributed by atoms with van der Waals surface area (Å²) in [4.78, 5) is 15.6. The monoisotopic (exact) mass is 210 g/mol. The van der Waals surface area contributed by atoms with Gasteiger partial charge in [-0.25, -0.2) is 4.98 Å². The van der Waals surface area contributed by atoms with Crippen LogP contribution in [0.1, 0.15) is 30.1 Å². The van der Waals surface area contributed by atoms with Crippen molar-refractivity contribution in [3.8, 4) is 0 Å². The Bertz CT molecular complexity index is 356. The predicted molar refractivity (Wildman–Crippen MR) is 57.8 cm³/mol. The van der Waals surface area contributed by atoms with E-state index in [1.54, 1.807) is 0 Å². The molecular formula is C11H18N2O2. The van der Waals surface area contributed by atoms with Gasteiger partial charge in [0.15, 0.2) is 0 Å². The molecule has 0 aliphatic heterocycles. The number of carbonyl (C=O) groups is 1. The SMILES string of the molecule is Cc1nc(C)n(CCC(=O)CCO)c1C. The number of hydrogen-bond acceptors (Lipinski definition) is 3. The van der Waals surface area contributed by atoms with Gasteiger partial charge in [0.05, 0.1) is 5.69 Å². The van der Waals surface area contributed by atoms with Crippen LogP contribution in [-0.2, 0) is 11.3 Å². The van der Waals surface area contributed by atoms with Crippen LogP contribution in [0.3, 0.4) is 0 Å². The van der Waals surface area contributed by atoms with Crippen molar-refractivity contribution in [2.45, 2.75) is 40.2 Å². The maximum absolute atomic E-state index is 11.3. The van der Waals surface area contributed by atoms with Crippen molar-refractivity contribution in [3.05, 3.63) is 17.2 Å². The molecule has 0 saturated carbocycles. The van der Waals surface area contributed by atoms with Crippen LogP contribution in [0, 0.1) is 20.8 Å². The molecule has 1 aromatic heterocycles. The summed E-state index contributed by atoms with van der Waals surface area (Å²) < 4.78 is 2.05. The second-order valence-corrected chi connectivity index (χ2v) is 3.74. The molecule has 0 atom stereocenters. The Morgan fingerprint density at radius 2 is 2.00 bits per heavy atom. The lowest BCUT2D eigenvalue weighted by Crippen LogP contribution is -2.09. The topological polar surface area (TPSA) is 55.1 Å². The van der Waals surface area contributed by atoms with Crippen molar-refractivity contribution in [3.63, 3.8) is 0 Å². The van der Waals surface area contributed by atoms with Crippen LogP contribution in [-0.4, -0.2) is 27.0 Å². The average molecular weight is 210 g/mol. The molecule has 0 saturated heterocycles. The van der Waals surface area contributed by atoms with Gasteiger partial charge in [0.1, 0.15) is 11.6 Å². The standard InChI is InChI=1S/C11H18N2O2/c1-8-9(2)13(10(3)12-8)6-4-11(15)5-7-14/h14H,4-7H2,1-3H3. The Labute approximate surface area is 89.9 Å². The molecule has 0 bridgehead atoms. The van der Waals surface area contributed by atoms with E-state index in [2.05, 4.69) is 4.98 Å². The van der Waals surface area contributed by atoms with Gasteiger partial charge in [-0.2, -0.15) is 0 Å². The number of carbonyl (C=O) groups excluding carboxylic acids is 1. The molecule has 0 fully saturated rings. The fourth-order valence-corrected chi connectivity index (χ4v) is 1.64. The second-order valence-electron chi connectivity index (χ2n) is 3.74. The Kier molecular flexibility index (Phi) is 4.03. The third kappa shape index (κ3) is 2.89. The van der Waals surface area contributed by atoms with Gasteiger partial charge in [-0.3, -0.25) is 4.79 Å². The second kappa shape index (κ2) is 5.07. The maximum atomic E-state index is 11.3. The summed E-state index contributed by atoms with van der Waals surface area (Å²) >= 11 is 0. The van der Waals surface area contributed by atoms with Crippen molar-refractivity contribution in [2.24, 2.45) is 0 Å². The molecule has 0 aromatic carbocycles. The van der Waals surface area contributed by atoms with Crippen molar-refractivity contribution in [2.75, 3.05) is 6.61 Å². The number of Topliss-reactive ketones (excluding diaryl/α,β-unsaturated/α-hetero) is 1. The van der Waals surface area contributed by atoms with E-state index in [4.69, 9.17) is 5.11 Å². The van der Waals surface area contributed by atoms with Crippen molar-refractivity contribution < 1.29 is 9.90 Å². The average Bonchev–Trinajstić information content (AvgIpc) is 2.40. The number of aliphatic hydroxyl groups is 1. The zero-order chi connectivity index (χ0) is 11.4. The van der Waals surface area contributed by atoms with Crippen LogP contribution in [0.25, 0.3) is 0 Å².